The third-order valence-corrected chi connectivity index (χ3v) is 2.15. The Kier molecular flexibility index (Phi) is 4.35. The molecule has 1 aromatic heterocycles. The first kappa shape index (κ1) is 11.6. The van der Waals surface area contributed by atoms with Gasteiger partial charge >= 0.3 is 0 Å². The van der Waals surface area contributed by atoms with E-state index in [1.165, 1.54) is 6.26 Å². The van der Waals surface area contributed by atoms with Crippen LogP contribution in [-0.4, -0.2) is 43.7 Å². The minimum absolute atomic E-state index is 0.00694. The summed E-state index contributed by atoms with van der Waals surface area (Å²) in [6.45, 7) is 3.25. The van der Waals surface area contributed by atoms with Gasteiger partial charge in [-0.05, 0) is 12.1 Å². The number of aliphatic hydroxyl groups excluding tert-OH is 1. The fourth-order valence-corrected chi connectivity index (χ4v) is 1.06. The van der Waals surface area contributed by atoms with Crippen LogP contribution in [0.2, 0.25) is 0 Å². The van der Waals surface area contributed by atoms with Gasteiger partial charge in [-0.2, -0.15) is 0 Å². The molecule has 1 N–H and O–H groups in total. The summed E-state index contributed by atoms with van der Waals surface area (Å²) in [6.07, 6.45) is 2.32. The lowest BCUT2D eigenvalue weighted by Gasteiger charge is -1.95. The number of hydrogen-bond acceptors (Lipinski definition) is 5. The third kappa shape index (κ3) is 4.76. The zero-order valence-electron chi connectivity index (χ0n) is 9.00. The first-order chi connectivity index (χ1) is 7.88. The van der Waals surface area contributed by atoms with Crippen molar-refractivity contribution in [2.45, 2.75) is 18.8 Å². The molecule has 0 aliphatic carbocycles. The zero-order chi connectivity index (χ0) is 11.2. The SMILES string of the molecule is C(OCC1CO1)C1CO1.OCc1ccco1. The van der Waals surface area contributed by atoms with Gasteiger partial charge in [-0.3, -0.25) is 0 Å². The van der Waals surface area contributed by atoms with Crippen molar-refractivity contribution in [3.8, 4) is 0 Å². The number of epoxide rings is 2. The van der Waals surface area contributed by atoms with Crippen molar-refractivity contribution in [1.82, 2.24) is 0 Å². The van der Waals surface area contributed by atoms with Crippen LogP contribution in [0.15, 0.2) is 22.8 Å². The second-order valence-corrected chi connectivity index (χ2v) is 3.69. The van der Waals surface area contributed by atoms with E-state index in [1.54, 1.807) is 12.1 Å². The van der Waals surface area contributed by atoms with Crippen molar-refractivity contribution >= 4 is 0 Å². The molecule has 2 aliphatic rings. The third-order valence-electron chi connectivity index (χ3n) is 2.15. The molecule has 2 saturated heterocycles. The number of aliphatic hydroxyl groups is 1. The lowest BCUT2D eigenvalue weighted by Crippen LogP contribution is -2.06. The lowest BCUT2D eigenvalue weighted by atomic mass is 10.5. The van der Waals surface area contributed by atoms with Gasteiger partial charge in [-0.25, -0.2) is 0 Å². The minimum Gasteiger partial charge on any atom is -0.467 e. The average molecular weight is 228 g/mol. The van der Waals surface area contributed by atoms with Crippen molar-refractivity contribution in [3.63, 3.8) is 0 Å². The van der Waals surface area contributed by atoms with Crippen molar-refractivity contribution < 1.29 is 23.7 Å². The molecule has 16 heavy (non-hydrogen) atoms. The highest BCUT2D eigenvalue weighted by Crippen LogP contribution is 2.12. The van der Waals surface area contributed by atoms with E-state index in [4.69, 9.17) is 23.7 Å². The molecular formula is C11H16O5. The fraction of sp³-hybridized carbons (Fsp3) is 0.636. The van der Waals surface area contributed by atoms with Gasteiger partial charge in [-0.1, -0.05) is 0 Å². The zero-order valence-corrected chi connectivity index (χ0v) is 9.00. The molecule has 5 heteroatoms. The summed E-state index contributed by atoms with van der Waals surface area (Å²) in [5.41, 5.74) is 0. The average Bonchev–Trinajstić information content (AvgIpc) is 3.23. The van der Waals surface area contributed by atoms with Crippen molar-refractivity contribution in [2.75, 3.05) is 26.4 Å². The van der Waals surface area contributed by atoms with Gasteiger partial charge < -0.3 is 23.7 Å². The Labute approximate surface area is 93.9 Å². The molecule has 2 aliphatic heterocycles. The first-order valence-electron chi connectivity index (χ1n) is 5.32. The molecule has 0 spiro atoms. The summed E-state index contributed by atoms with van der Waals surface area (Å²) in [6, 6.07) is 3.46. The molecule has 1 aromatic rings. The van der Waals surface area contributed by atoms with Gasteiger partial charge in [0, 0.05) is 0 Å². The smallest absolute Gasteiger partial charge is 0.129 e. The second-order valence-electron chi connectivity index (χ2n) is 3.69. The molecule has 0 radical (unpaired) electrons. The number of ether oxygens (including phenoxy) is 3. The van der Waals surface area contributed by atoms with Gasteiger partial charge in [0.25, 0.3) is 0 Å². The van der Waals surface area contributed by atoms with Crippen LogP contribution in [0.1, 0.15) is 5.76 Å². The minimum atomic E-state index is -0.00694. The van der Waals surface area contributed by atoms with Crippen LogP contribution in [0.4, 0.5) is 0 Å². The lowest BCUT2D eigenvalue weighted by molar-refractivity contribution is 0.102. The van der Waals surface area contributed by atoms with Crippen LogP contribution in [0.25, 0.3) is 0 Å². The standard InChI is InChI=1S/C6H10O3.C5H6O2/c1(5-3-8-5)7-2-6-4-9-6;6-4-5-2-1-3-7-5/h5-6H,1-4H2;1-3,6H,4H2. The quantitative estimate of drug-likeness (QED) is 0.746. The van der Waals surface area contributed by atoms with Crippen LogP contribution in [0.5, 0.6) is 0 Å². The van der Waals surface area contributed by atoms with E-state index < -0.39 is 0 Å². The van der Waals surface area contributed by atoms with Crippen molar-refractivity contribution in [3.05, 3.63) is 24.2 Å². The predicted octanol–water partition coefficient (Wildman–Crippen LogP) is 0.572. The van der Waals surface area contributed by atoms with E-state index in [9.17, 15) is 0 Å². The molecule has 0 bridgehead atoms. The summed E-state index contributed by atoms with van der Waals surface area (Å²) in [7, 11) is 0. The van der Waals surface area contributed by atoms with Gasteiger partial charge in [-0.15, -0.1) is 0 Å². The maximum atomic E-state index is 8.33. The van der Waals surface area contributed by atoms with Gasteiger partial charge in [0.1, 0.15) is 24.6 Å². The Bertz CT molecular complexity index is 265. The Morgan fingerprint density at radius 3 is 2.19 bits per heavy atom. The molecule has 2 atom stereocenters. The van der Waals surface area contributed by atoms with Crippen molar-refractivity contribution in [1.29, 1.82) is 0 Å². The molecular weight excluding hydrogens is 212 g/mol. The second kappa shape index (κ2) is 6.00. The summed E-state index contributed by atoms with van der Waals surface area (Å²) in [5.74, 6) is 0.611. The molecule has 2 fully saturated rings. The summed E-state index contributed by atoms with van der Waals surface area (Å²) < 4.78 is 19.9. The van der Waals surface area contributed by atoms with Gasteiger partial charge in [0.15, 0.2) is 0 Å². The van der Waals surface area contributed by atoms with Crippen LogP contribution in [0.3, 0.4) is 0 Å². The topological polar surface area (TPSA) is 67.7 Å². The Morgan fingerprint density at radius 2 is 1.88 bits per heavy atom. The van der Waals surface area contributed by atoms with E-state index in [0.717, 1.165) is 26.4 Å². The Morgan fingerprint density at radius 1 is 1.25 bits per heavy atom. The Balaban J connectivity index is 0.000000125. The molecule has 3 rings (SSSR count). The molecule has 0 aromatic carbocycles. The predicted molar refractivity (Wildman–Crippen MR) is 54.9 cm³/mol. The molecule has 3 heterocycles. The maximum absolute atomic E-state index is 8.33. The highest BCUT2D eigenvalue weighted by molar-refractivity contribution is 4.95. The summed E-state index contributed by atoms with van der Waals surface area (Å²) >= 11 is 0. The largest absolute Gasteiger partial charge is 0.467 e. The maximum Gasteiger partial charge on any atom is 0.129 e. The van der Waals surface area contributed by atoms with Gasteiger partial charge in [0.2, 0.25) is 0 Å². The normalized spacial score (nSPS) is 25.8. The highest BCUT2D eigenvalue weighted by Gasteiger charge is 2.26. The van der Waals surface area contributed by atoms with Crippen LogP contribution in [0, 0.1) is 0 Å². The molecule has 90 valence electrons. The van der Waals surface area contributed by atoms with Crippen LogP contribution < -0.4 is 0 Å². The summed E-state index contributed by atoms with van der Waals surface area (Å²) in [4.78, 5) is 0. The molecule has 0 amide bonds. The monoisotopic (exact) mass is 228 g/mol. The van der Waals surface area contributed by atoms with E-state index in [1.807, 2.05) is 0 Å². The van der Waals surface area contributed by atoms with Gasteiger partial charge in [0.05, 0.1) is 32.7 Å². The van der Waals surface area contributed by atoms with E-state index in [0.29, 0.717) is 18.0 Å². The summed E-state index contributed by atoms with van der Waals surface area (Å²) in [5, 5.41) is 8.33. The van der Waals surface area contributed by atoms with Crippen LogP contribution >= 0.6 is 0 Å². The van der Waals surface area contributed by atoms with E-state index >= 15 is 0 Å². The van der Waals surface area contributed by atoms with E-state index in [-0.39, 0.29) is 6.61 Å². The van der Waals surface area contributed by atoms with E-state index in [2.05, 4.69) is 0 Å². The number of furan rings is 1. The van der Waals surface area contributed by atoms with Crippen molar-refractivity contribution in [2.24, 2.45) is 0 Å². The fourth-order valence-electron chi connectivity index (χ4n) is 1.06. The highest BCUT2D eigenvalue weighted by atomic mass is 16.6. The first-order valence-corrected chi connectivity index (χ1v) is 5.32. The molecule has 0 saturated carbocycles. The number of rotatable bonds is 5. The molecule has 5 nitrogen and oxygen atoms in total. The molecule has 2 unspecified atom stereocenters. The Hall–Kier alpha value is -0.880. The number of hydrogen-bond donors (Lipinski definition) is 1. The van der Waals surface area contributed by atoms with Crippen LogP contribution in [-0.2, 0) is 20.8 Å².